The summed E-state index contributed by atoms with van der Waals surface area (Å²) < 4.78 is 0. The van der Waals surface area contributed by atoms with Crippen molar-refractivity contribution < 1.29 is 15.0 Å². The van der Waals surface area contributed by atoms with Crippen LogP contribution in [-0.2, 0) is 4.79 Å². The van der Waals surface area contributed by atoms with Gasteiger partial charge in [-0.2, -0.15) is 0 Å². The summed E-state index contributed by atoms with van der Waals surface area (Å²) in [6.07, 6.45) is 111. The standard InChI is InChI=1S/C78H135NO3/c1-3-5-7-9-11-13-15-17-19-21-23-25-27-29-31-33-35-36-37-38-39-40-41-42-44-46-48-50-52-54-56-58-60-62-64-66-68-70-72-74-78(82)79-76(75-80)77(81)73-71-69-67-65-63-61-59-57-55-53-51-49-47-45-43-34-32-30-28-26-24-22-20-18-16-14-12-10-8-6-4-2/h5,7,11,13,17,19,23,25,29,31,35-36,38-39,41-42,46,48,52,54,58,60,76-77,80-81H,3-4,6,8-10,12,14-16,18,20-22,24,26-28,30,32-34,37,40,43-45,47,49-51,53,55-57,59,61-75H2,1-2H3,(H,79,82)/b7-5-,13-11-,19-17-,25-23-,31-29-,36-35-,39-38-,42-41-,48-46-,54-52-,60-58-. The van der Waals surface area contributed by atoms with Crippen LogP contribution in [0.3, 0.4) is 0 Å². The third kappa shape index (κ3) is 67.3. The molecular weight excluding hydrogens is 999 g/mol. The number of nitrogens with one attached hydrogen (secondary N) is 1. The van der Waals surface area contributed by atoms with E-state index in [9.17, 15) is 15.0 Å². The molecule has 82 heavy (non-hydrogen) atoms. The Morgan fingerprint density at radius 2 is 0.537 bits per heavy atom. The van der Waals surface area contributed by atoms with Crippen LogP contribution in [0.15, 0.2) is 134 Å². The van der Waals surface area contributed by atoms with Crippen molar-refractivity contribution in [1.29, 1.82) is 0 Å². The lowest BCUT2D eigenvalue weighted by molar-refractivity contribution is -0.123. The van der Waals surface area contributed by atoms with Gasteiger partial charge < -0.3 is 15.5 Å². The molecule has 4 nitrogen and oxygen atoms in total. The molecule has 0 aromatic heterocycles. The minimum Gasteiger partial charge on any atom is -0.394 e. The van der Waals surface area contributed by atoms with E-state index in [1.54, 1.807) is 0 Å². The Labute approximate surface area is 511 Å². The minimum atomic E-state index is -0.680. The van der Waals surface area contributed by atoms with Crippen LogP contribution in [0.5, 0.6) is 0 Å². The Bertz CT molecular complexity index is 1620. The van der Waals surface area contributed by atoms with Crippen molar-refractivity contribution in [3.8, 4) is 0 Å². The molecule has 2 atom stereocenters. The molecule has 0 radical (unpaired) electrons. The number of hydrogen-bond acceptors (Lipinski definition) is 3. The van der Waals surface area contributed by atoms with Gasteiger partial charge in [-0.15, -0.1) is 0 Å². The monoisotopic (exact) mass is 1130 g/mol. The molecule has 0 aromatic rings. The summed E-state index contributed by atoms with van der Waals surface area (Å²) in [6, 6.07) is -0.559. The zero-order valence-electron chi connectivity index (χ0n) is 54.2. The molecule has 0 aliphatic rings. The molecule has 470 valence electrons. The Morgan fingerprint density at radius 3 is 0.805 bits per heavy atom. The average Bonchev–Trinajstić information content (AvgIpc) is 3.50. The van der Waals surface area contributed by atoms with Gasteiger partial charge in [0, 0.05) is 6.42 Å². The lowest BCUT2D eigenvalue weighted by Gasteiger charge is -2.22. The number of allylic oxidation sites excluding steroid dienone is 22. The number of aliphatic hydroxyl groups excluding tert-OH is 2. The second kappa shape index (κ2) is 71.8. The first-order valence-corrected chi connectivity index (χ1v) is 35.4. The molecule has 1 amide bonds. The predicted molar refractivity (Wildman–Crippen MR) is 368 cm³/mol. The number of aliphatic hydroxyl groups is 2. The highest BCUT2D eigenvalue weighted by atomic mass is 16.3. The lowest BCUT2D eigenvalue weighted by Crippen LogP contribution is -2.45. The molecule has 0 saturated carbocycles. The summed E-state index contributed by atoms with van der Waals surface area (Å²) in [5.41, 5.74) is 0. The van der Waals surface area contributed by atoms with Crippen LogP contribution < -0.4 is 5.32 Å². The van der Waals surface area contributed by atoms with E-state index in [4.69, 9.17) is 0 Å². The number of carbonyl (C=O) groups excluding carboxylic acids is 1. The molecule has 0 aliphatic heterocycles. The zero-order chi connectivity index (χ0) is 59.1. The molecule has 0 bridgehead atoms. The number of hydrogen-bond donors (Lipinski definition) is 3. The second-order valence-corrected chi connectivity index (χ2v) is 23.6. The predicted octanol–water partition coefficient (Wildman–Crippen LogP) is 24.5. The fourth-order valence-electron chi connectivity index (χ4n) is 10.4. The summed E-state index contributed by atoms with van der Waals surface area (Å²) in [4.78, 5) is 12.6. The largest absolute Gasteiger partial charge is 0.394 e. The molecule has 0 fully saturated rings. The van der Waals surface area contributed by atoms with Crippen LogP contribution in [0, 0.1) is 0 Å². The third-order valence-electron chi connectivity index (χ3n) is 15.7. The van der Waals surface area contributed by atoms with Crippen molar-refractivity contribution in [2.45, 2.75) is 347 Å². The van der Waals surface area contributed by atoms with Crippen molar-refractivity contribution in [3.05, 3.63) is 134 Å². The van der Waals surface area contributed by atoms with Crippen LogP contribution in [0.2, 0.25) is 0 Å². The van der Waals surface area contributed by atoms with Crippen LogP contribution in [-0.4, -0.2) is 34.9 Å². The van der Waals surface area contributed by atoms with E-state index in [1.807, 2.05) is 0 Å². The van der Waals surface area contributed by atoms with E-state index in [-0.39, 0.29) is 12.5 Å². The Morgan fingerprint density at radius 1 is 0.305 bits per heavy atom. The number of carbonyl (C=O) groups is 1. The first kappa shape index (κ1) is 78.5. The van der Waals surface area contributed by atoms with E-state index >= 15 is 0 Å². The Kier molecular flexibility index (Phi) is 68.8. The fraction of sp³-hybridized carbons (Fsp3) is 0.705. The second-order valence-electron chi connectivity index (χ2n) is 23.6. The highest BCUT2D eigenvalue weighted by Gasteiger charge is 2.20. The van der Waals surface area contributed by atoms with Gasteiger partial charge in [0.05, 0.1) is 18.8 Å². The van der Waals surface area contributed by atoms with E-state index in [0.29, 0.717) is 12.8 Å². The summed E-state index contributed by atoms with van der Waals surface area (Å²) in [5, 5.41) is 23.5. The van der Waals surface area contributed by atoms with Gasteiger partial charge in [-0.1, -0.05) is 366 Å². The molecule has 3 N–H and O–H groups in total. The van der Waals surface area contributed by atoms with Gasteiger partial charge in [0.2, 0.25) is 5.91 Å². The maximum absolute atomic E-state index is 12.6. The fourth-order valence-corrected chi connectivity index (χ4v) is 10.4. The molecule has 0 aliphatic carbocycles. The van der Waals surface area contributed by atoms with E-state index < -0.39 is 12.1 Å². The van der Waals surface area contributed by atoms with Gasteiger partial charge >= 0.3 is 0 Å². The summed E-state index contributed by atoms with van der Waals surface area (Å²) in [5.74, 6) is -0.0512. The van der Waals surface area contributed by atoms with Gasteiger partial charge in [0.25, 0.3) is 0 Å². The third-order valence-corrected chi connectivity index (χ3v) is 15.7. The number of amides is 1. The maximum atomic E-state index is 12.6. The average molecular weight is 1130 g/mol. The number of rotatable bonds is 64. The van der Waals surface area contributed by atoms with Crippen LogP contribution in [0.4, 0.5) is 0 Å². The van der Waals surface area contributed by atoms with Gasteiger partial charge in [-0.05, 0) is 96.3 Å². The summed E-state index contributed by atoms with van der Waals surface area (Å²) >= 11 is 0. The van der Waals surface area contributed by atoms with Gasteiger partial charge in [0.15, 0.2) is 0 Å². The molecular formula is C78H135NO3. The Balaban J connectivity index is 3.57. The first-order valence-electron chi connectivity index (χ1n) is 35.4. The number of unbranched alkanes of at least 4 members (excludes halogenated alkanes) is 35. The Hall–Kier alpha value is -3.47. The van der Waals surface area contributed by atoms with Gasteiger partial charge in [-0.3, -0.25) is 4.79 Å². The van der Waals surface area contributed by atoms with Crippen molar-refractivity contribution in [3.63, 3.8) is 0 Å². The minimum absolute atomic E-state index is 0.0512. The smallest absolute Gasteiger partial charge is 0.220 e. The van der Waals surface area contributed by atoms with Crippen LogP contribution in [0.1, 0.15) is 335 Å². The highest BCUT2D eigenvalue weighted by molar-refractivity contribution is 5.76. The van der Waals surface area contributed by atoms with Crippen molar-refractivity contribution in [2.75, 3.05) is 6.61 Å². The highest BCUT2D eigenvalue weighted by Crippen LogP contribution is 2.18. The van der Waals surface area contributed by atoms with E-state index in [0.717, 1.165) is 109 Å². The first-order chi connectivity index (χ1) is 40.7. The van der Waals surface area contributed by atoms with Crippen LogP contribution in [0.25, 0.3) is 0 Å². The molecule has 0 aromatic carbocycles. The van der Waals surface area contributed by atoms with Gasteiger partial charge in [0.1, 0.15) is 0 Å². The van der Waals surface area contributed by atoms with Crippen LogP contribution >= 0.6 is 0 Å². The maximum Gasteiger partial charge on any atom is 0.220 e. The molecule has 0 heterocycles. The van der Waals surface area contributed by atoms with Gasteiger partial charge in [-0.25, -0.2) is 0 Å². The molecule has 4 heteroatoms. The summed E-state index contributed by atoms with van der Waals surface area (Å²) in [7, 11) is 0. The SMILES string of the molecule is CC/C=C\C/C=C\C/C=C\C/C=C\C/C=C\C/C=C\C/C=C\C/C=C\C/C=C\C/C=C\C/C=C\CCCCCCCC(=O)NC(CO)C(O)CCCCCCCCCCCCCCCCCCCCCCCCCCCCCCCCC. The molecule has 0 spiro atoms. The zero-order valence-corrected chi connectivity index (χ0v) is 54.2. The van der Waals surface area contributed by atoms with E-state index in [1.165, 1.54) is 199 Å². The quantitative estimate of drug-likeness (QED) is 0.0420. The lowest BCUT2D eigenvalue weighted by atomic mass is 10.0. The van der Waals surface area contributed by atoms with Crippen molar-refractivity contribution >= 4 is 5.91 Å². The molecule has 0 rings (SSSR count). The van der Waals surface area contributed by atoms with Crippen molar-refractivity contribution in [1.82, 2.24) is 5.32 Å². The van der Waals surface area contributed by atoms with Crippen molar-refractivity contribution in [2.24, 2.45) is 0 Å². The normalized spacial score (nSPS) is 13.6. The van der Waals surface area contributed by atoms with E-state index in [2.05, 4.69) is 153 Å². The summed E-state index contributed by atoms with van der Waals surface area (Å²) in [6.45, 7) is 4.26. The molecule has 2 unspecified atom stereocenters. The topological polar surface area (TPSA) is 69.6 Å². The molecule has 0 saturated heterocycles.